The lowest BCUT2D eigenvalue weighted by molar-refractivity contribution is 0.101. The Morgan fingerprint density at radius 1 is 0.766 bits per heavy atom. The summed E-state index contributed by atoms with van der Waals surface area (Å²) in [6.07, 6.45) is 0.991. The fourth-order valence-electron chi connectivity index (χ4n) is 4.73. The number of amides is 2. The highest BCUT2D eigenvalue weighted by molar-refractivity contribution is 7.94. The monoisotopic (exact) mass is 718 g/mol. The molecule has 11 nitrogen and oxygen atoms in total. The Morgan fingerprint density at radius 3 is 1.81 bits per heavy atom. The smallest absolute Gasteiger partial charge is 0.259 e. The van der Waals surface area contributed by atoms with Gasteiger partial charge in [0.05, 0.1) is 32.8 Å². The molecule has 2 aliphatic heterocycles. The minimum absolute atomic E-state index is 0. The number of aromatic hydroxyl groups is 2. The number of carbonyl (C=O) groups excluding carboxylic acids is 2. The second-order valence-electron chi connectivity index (χ2n) is 10.1. The summed E-state index contributed by atoms with van der Waals surface area (Å²) in [5.74, 6) is -1.72. The van der Waals surface area contributed by atoms with Gasteiger partial charge >= 0.3 is 0 Å². The van der Waals surface area contributed by atoms with Gasteiger partial charge in [-0.3, -0.25) is 9.59 Å². The third kappa shape index (κ3) is 7.61. The van der Waals surface area contributed by atoms with Crippen LogP contribution in [0, 0.1) is 0 Å². The van der Waals surface area contributed by atoms with Crippen molar-refractivity contribution in [2.45, 2.75) is 23.3 Å². The highest BCUT2D eigenvalue weighted by atomic mass is 35.5. The molecular formula is C32H28Cl2N2O9S2. The maximum Gasteiger partial charge on any atom is 0.259 e. The van der Waals surface area contributed by atoms with Crippen LogP contribution in [0.25, 0.3) is 6.08 Å². The minimum Gasteiger partial charge on any atom is -0.507 e. The summed E-state index contributed by atoms with van der Waals surface area (Å²) in [5, 5.41) is 26.3. The molecule has 0 aliphatic carbocycles. The molecule has 0 aromatic heterocycles. The van der Waals surface area contributed by atoms with E-state index in [1.807, 2.05) is 0 Å². The third-order valence-electron chi connectivity index (χ3n) is 7.02. The van der Waals surface area contributed by atoms with Crippen molar-refractivity contribution in [2.24, 2.45) is 0 Å². The maximum absolute atomic E-state index is 12.3. The first-order chi connectivity index (χ1) is 21.7. The van der Waals surface area contributed by atoms with E-state index in [1.54, 1.807) is 24.3 Å². The topological polar surface area (TPSA) is 176 Å². The van der Waals surface area contributed by atoms with Crippen LogP contribution >= 0.6 is 23.2 Å². The molecule has 4 N–H and O–H groups in total. The van der Waals surface area contributed by atoms with Crippen molar-refractivity contribution in [3.63, 3.8) is 0 Å². The molecule has 47 heavy (non-hydrogen) atoms. The van der Waals surface area contributed by atoms with E-state index in [0.29, 0.717) is 32.5 Å². The molecule has 1 unspecified atom stereocenters. The summed E-state index contributed by atoms with van der Waals surface area (Å²) < 4.78 is 53.1. The Balaban J connectivity index is 0.000000209. The van der Waals surface area contributed by atoms with Crippen LogP contribution in [0.3, 0.4) is 0 Å². The molecule has 0 radical (unpaired) electrons. The summed E-state index contributed by atoms with van der Waals surface area (Å²) in [4.78, 5) is 24.7. The van der Waals surface area contributed by atoms with Crippen LogP contribution < -0.4 is 10.6 Å². The molecule has 0 saturated heterocycles. The van der Waals surface area contributed by atoms with Gasteiger partial charge in [0.15, 0.2) is 9.84 Å². The summed E-state index contributed by atoms with van der Waals surface area (Å²) in [6.45, 7) is 0. The van der Waals surface area contributed by atoms with Crippen LogP contribution in [0.15, 0.2) is 88.0 Å². The van der Waals surface area contributed by atoms with Crippen LogP contribution in [-0.2, 0) is 24.4 Å². The zero-order valence-corrected chi connectivity index (χ0v) is 26.8. The number of rotatable bonds is 5. The van der Waals surface area contributed by atoms with Crippen molar-refractivity contribution in [3.05, 3.63) is 111 Å². The zero-order valence-electron chi connectivity index (χ0n) is 23.7. The van der Waals surface area contributed by atoms with Gasteiger partial charge in [-0.2, -0.15) is 0 Å². The lowest BCUT2D eigenvalue weighted by Gasteiger charge is -2.10. The van der Waals surface area contributed by atoms with Crippen LogP contribution in [-0.4, -0.2) is 51.7 Å². The van der Waals surface area contributed by atoms with E-state index >= 15 is 0 Å². The van der Waals surface area contributed by atoms with Gasteiger partial charge in [-0.1, -0.05) is 42.8 Å². The number of hydrogen-bond donors (Lipinski definition) is 4. The van der Waals surface area contributed by atoms with Gasteiger partial charge in [-0.25, -0.2) is 16.8 Å². The van der Waals surface area contributed by atoms with E-state index in [-0.39, 0.29) is 45.6 Å². The van der Waals surface area contributed by atoms with Gasteiger partial charge in [0.25, 0.3) is 11.8 Å². The van der Waals surface area contributed by atoms with Crippen molar-refractivity contribution in [1.82, 2.24) is 0 Å². The summed E-state index contributed by atoms with van der Waals surface area (Å²) >= 11 is 11.6. The Hall–Kier alpha value is -4.40. The fourth-order valence-corrected chi connectivity index (χ4v) is 8.06. The molecule has 15 heteroatoms. The minimum atomic E-state index is -3.45. The number of carbonyl (C=O) groups is 2. The van der Waals surface area contributed by atoms with E-state index in [9.17, 15) is 36.6 Å². The first-order valence-electron chi connectivity index (χ1n) is 13.2. The number of phenols is 2. The lowest BCUT2D eigenvalue weighted by atomic mass is 10.1. The molecule has 2 heterocycles. The number of benzene rings is 4. The number of anilines is 2. The highest BCUT2D eigenvalue weighted by Crippen LogP contribution is 2.37. The molecule has 0 spiro atoms. The van der Waals surface area contributed by atoms with Crippen LogP contribution in [0.1, 0.15) is 45.4 Å². The zero-order chi connectivity index (χ0) is 33.4. The van der Waals surface area contributed by atoms with Crippen LogP contribution in [0.2, 0.25) is 10.0 Å². The molecule has 2 amide bonds. The first kappa shape index (κ1) is 35.5. The standard InChI is InChI=1S/C16H14ClNO5S.C15H10ClNO4S.CH4/c1-23-14-8-24(21,22)15-7-10(3-4-11(14)15)18-16(20)12-6-9(17)2-5-13(12)19;16-10-2-4-13(18)12(7-10)15(19)17-11-3-1-9-5-6-22(20,21)14(9)8-11;/h2-7,14,19H,8H2,1H3,(H,18,20);1-8,18H,(H,17,19);1H4. The number of hydrogen-bond acceptors (Lipinski definition) is 9. The van der Waals surface area contributed by atoms with Crippen LogP contribution in [0.4, 0.5) is 11.4 Å². The summed E-state index contributed by atoms with van der Waals surface area (Å²) in [7, 11) is -5.45. The quantitative estimate of drug-likeness (QED) is 0.180. The number of methoxy groups -OCH3 is 1. The Labute approximate surface area is 281 Å². The van der Waals surface area contributed by atoms with E-state index in [2.05, 4.69) is 10.6 Å². The van der Waals surface area contributed by atoms with E-state index in [4.69, 9.17) is 27.9 Å². The van der Waals surface area contributed by atoms with Gasteiger partial charge in [-0.05, 0) is 72.3 Å². The van der Waals surface area contributed by atoms with Crippen molar-refractivity contribution < 1.29 is 41.4 Å². The predicted molar refractivity (Wildman–Crippen MR) is 180 cm³/mol. The first-order valence-corrected chi connectivity index (χ1v) is 17.2. The Kier molecular flexibility index (Phi) is 10.4. The SMILES string of the molecule is C.COC1CS(=O)(=O)c2cc(NC(=O)c3cc(Cl)ccc3O)ccc21.O=C(Nc1ccc2c(c1)S(=O)(=O)C=C2)c1cc(Cl)ccc1O. The molecular weight excluding hydrogens is 691 g/mol. The second kappa shape index (κ2) is 13.8. The van der Waals surface area contributed by atoms with E-state index in [1.165, 1.54) is 61.7 Å². The Morgan fingerprint density at radius 2 is 1.28 bits per heavy atom. The van der Waals surface area contributed by atoms with E-state index in [0.717, 1.165) is 5.41 Å². The van der Waals surface area contributed by atoms with Crippen molar-refractivity contribution in [1.29, 1.82) is 0 Å². The van der Waals surface area contributed by atoms with Gasteiger partial charge < -0.3 is 25.6 Å². The largest absolute Gasteiger partial charge is 0.507 e. The van der Waals surface area contributed by atoms with Gasteiger partial charge in [0.1, 0.15) is 11.5 Å². The predicted octanol–water partition coefficient (Wildman–Crippen LogP) is 6.46. The van der Waals surface area contributed by atoms with Crippen LogP contribution in [0.5, 0.6) is 11.5 Å². The number of phenolic OH excluding ortho intramolecular Hbond substituents is 2. The van der Waals surface area contributed by atoms with Crippen molar-refractivity contribution in [2.75, 3.05) is 23.5 Å². The molecule has 2 aliphatic rings. The summed E-state index contributed by atoms with van der Waals surface area (Å²) in [5.41, 5.74) is 1.77. The molecule has 4 aromatic carbocycles. The maximum atomic E-state index is 12.3. The van der Waals surface area contributed by atoms with Gasteiger partial charge in [0, 0.05) is 39.5 Å². The van der Waals surface area contributed by atoms with Gasteiger partial charge in [-0.15, -0.1) is 0 Å². The molecule has 1 atom stereocenters. The molecule has 246 valence electrons. The number of nitrogens with one attached hydrogen (secondary N) is 2. The molecule has 4 aromatic rings. The molecule has 0 bridgehead atoms. The second-order valence-corrected chi connectivity index (χ2v) is 14.8. The number of ether oxygens (including phenoxy) is 1. The Bertz CT molecular complexity index is 2150. The van der Waals surface area contributed by atoms with Gasteiger partial charge in [0.2, 0.25) is 9.84 Å². The number of halogens is 2. The third-order valence-corrected chi connectivity index (χ3v) is 10.7. The molecule has 6 rings (SSSR count). The summed E-state index contributed by atoms with van der Waals surface area (Å²) in [6, 6.07) is 17.4. The van der Waals surface area contributed by atoms with E-state index < -0.39 is 37.6 Å². The fraction of sp³-hybridized carbons (Fsp3) is 0.125. The normalized spacial score (nSPS) is 16.1. The highest BCUT2D eigenvalue weighted by Gasteiger charge is 2.35. The number of sulfone groups is 2. The van der Waals surface area contributed by atoms with Crippen molar-refractivity contribution >= 4 is 72.1 Å². The molecule has 0 saturated carbocycles. The van der Waals surface area contributed by atoms with Crippen molar-refractivity contribution in [3.8, 4) is 11.5 Å². The average molecular weight is 720 g/mol. The average Bonchev–Trinajstić information content (AvgIpc) is 3.46. The molecule has 0 fully saturated rings. The lowest BCUT2D eigenvalue weighted by Crippen LogP contribution is -2.12. The number of fused-ring (bicyclic) bond motifs is 2.